The number of hydrogen-bond acceptors (Lipinski definition) is 8. The van der Waals surface area contributed by atoms with E-state index in [-0.39, 0.29) is 31.4 Å². The van der Waals surface area contributed by atoms with Gasteiger partial charge in [-0.05, 0) is 45.4 Å². The molecule has 0 bridgehead atoms. The van der Waals surface area contributed by atoms with Crippen LogP contribution in [0.3, 0.4) is 0 Å². The standard InChI is InChI=1S/C26H47N9O7/c1-6-13(2)19(34-24(41)20(15(4)36)32-16(5)37)23(40)33-17(9-7-11-30-26(28)29)25(42)35-12-8-10-18(35)22(39)31-14(3)21(27)38/h13-15,17-20,36H,6-12H2,1-5H3,(H2,27,38)(H,31,39)(H,32,37)(H,33,40)(H,34,41)(H4,28,29,30)/t13-,14+,15+,17-,18-,19+,20-/m0/s1. The summed E-state index contributed by atoms with van der Waals surface area (Å²) in [6.07, 6.45) is 0.549. The fraction of sp³-hybridized carbons (Fsp3) is 0.731. The van der Waals surface area contributed by atoms with Crippen LogP contribution >= 0.6 is 0 Å². The van der Waals surface area contributed by atoms with Gasteiger partial charge in [0.15, 0.2) is 5.96 Å². The van der Waals surface area contributed by atoms with Crippen LogP contribution in [0.25, 0.3) is 0 Å². The van der Waals surface area contributed by atoms with Crippen LogP contribution in [0.15, 0.2) is 4.99 Å². The van der Waals surface area contributed by atoms with Crippen molar-refractivity contribution in [3.63, 3.8) is 0 Å². The Labute approximate surface area is 245 Å². The summed E-state index contributed by atoms with van der Waals surface area (Å²) in [5.41, 5.74) is 16.0. The van der Waals surface area contributed by atoms with Crippen molar-refractivity contribution in [2.24, 2.45) is 28.1 Å². The van der Waals surface area contributed by atoms with Crippen molar-refractivity contribution in [3.05, 3.63) is 0 Å². The maximum Gasteiger partial charge on any atom is 0.245 e. The minimum Gasteiger partial charge on any atom is -0.391 e. The van der Waals surface area contributed by atoms with Crippen LogP contribution < -0.4 is 38.5 Å². The molecule has 42 heavy (non-hydrogen) atoms. The van der Waals surface area contributed by atoms with E-state index in [2.05, 4.69) is 26.3 Å². The maximum atomic E-state index is 13.7. The first-order chi connectivity index (χ1) is 19.6. The summed E-state index contributed by atoms with van der Waals surface area (Å²) >= 11 is 0. The summed E-state index contributed by atoms with van der Waals surface area (Å²) in [4.78, 5) is 81.4. The highest BCUT2D eigenvalue weighted by molar-refractivity contribution is 5.96. The molecule has 0 aromatic rings. The number of aliphatic imine (C=N–C) groups is 1. The first-order valence-corrected chi connectivity index (χ1v) is 14.1. The zero-order valence-electron chi connectivity index (χ0n) is 25.0. The highest BCUT2D eigenvalue weighted by Gasteiger charge is 2.39. The van der Waals surface area contributed by atoms with Crippen molar-refractivity contribution in [1.29, 1.82) is 0 Å². The number of nitrogens with two attached hydrogens (primary N) is 3. The number of amides is 6. The van der Waals surface area contributed by atoms with Crippen LogP contribution in [-0.2, 0) is 28.8 Å². The van der Waals surface area contributed by atoms with E-state index in [9.17, 15) is 33.9 Å². The number of nitrogens with zero attached hydrogens (tertiary/aromatic N) is 2. The van der Waals surface area contributed by atoms with Crippen molar-refractivity contribution in [2.45, 2.75) is 103 Å². The molecule has 0 aromatic carbocycles. The molecule has 0 aliphatic carbocycles. The van der Waals surface area contributed by atoms with Gasteiger partial charge in [-0.25, -0.2) is 0 Å². The lowest BCUT2D eigenvalue weighted by molar-refractivity contribution is -0.142. The van der Waals surface area contributed by atoms with Gasteiger partial charge in [0.25, 0.3) is 0 Å². The molecule has 0 unspecified atom stereocenters. The van der Waals surface area contributed by atoms with Crippen molar-refractivity contribution >= 4 is 41.4 Å². The molecule has 1 aliphatic heterocycles. The number of guanidine groups is 1. The molecule has 1 fully saturated rings. The predicted octanol–water partition coefficient (Wildman–Crippen LogP) is -3.08. The van der Waals surface area contributed by atoms with Crippen molar-refractivity contribution in [2.75, 3.05) is 13.1 Å². The molecule has 1 heterocycles. The Morgan fingerprint density at radius 3 is 2.10 bits per heavy atom. The summed E-state index contributed by atoms with van der Waals surface area (Å²) in [5.74, 6) is -4.27. The van der Waals surface area contributed by atoms with Gasteiger partial charge in [-0.15, -0.1) is 0 Å². The summed E-state index contributed by atoms with van der Waals surface area (Å²) in [6, 6.07) is -5.32. The zero-order valence-corrected chi connectivity index (χ0v) is 25.0. The van der Waals surface area contributed by atoms with Crippen LogP contribution in [0.5, 0.6) is 0 Å². The number of rotatable bonds is 16. The molecule has 0 saturated carbocycles. The molecule has 16 heteroatoms. The van der Waals surface area contributed by atoms with Crippen molar-refractivity contribution < 1.29 is 33.9 Å². The van der Waals surface area contributed by atoms with E-state index in [0.717, 1.165) is 0 Å². The molecule has 0 spiro atoms. The Morgan fingerprint density at radius 2 is 1.57 bits per heavy atom. The quantitative estimate of drug-likeness (QED) is 0.0508. The number of carbonyl (C=O) groups is 6. The zero-order chi connectivity index (χ0) is 32.1. The lowest BCUT2D eigenvalue weighted by atomic mass is 9.96. The molecule has 7 atom stereocenters. The number of primary amides is 1. The highest BCUT2D eigenvalue weighted by atomic mass is 16.3. The Kier molecular flexibility index (Phi) is 14.7. The lowest BCUT2D eigenvalue weighted by Gasteiger charge is -2.31. The van der Waals surface area contributed by atoms with E-state index in [4.69, 9.17) is 17.2 Å². The van der Waals surface area contributed by atoms with E-state index in [0.29, 0.717) is 25.7 Å². The van der Waals surface area contributed by atoms with Crippen molar-refractivity contribution in [1.82, 2.24) is 26.2 Å². The molecule has 0 aromatic heterocycles. The Hall–Kier alpha value is -3.95. The third kappa shape index (κ3) is 11.1. The molecular weight excluding hydrogens is 550 g/mol. The van der Waals surface area contributed by atoms with E-state index in [1.165, 1.54) is 25.7 Å². The second-order valence-corrected chi connectivity index (χ2v) is 10.6. The van der Waals surface area contributed by atoms with Gasteiger partial charge < -0.3 is 48.5 Å². The summed E-state index contributed by atoms with van der Waals surface area (Å²) in [7, 11) is 0. The fourth-order valence-corrected chi connectivity index (χ4v) is 4.48. The van der Waals surface area contributed by atoms with Gasteiger partial charge in [-0.3, -0.25) is 33.8 Å². The molecule has 11 N–H and O–H groups in total. The number of aliphatic hydroxyl groups is 1. The molecule has 1 saturated heterocycles. The third-order valence-electron chi connectivity index (χ3n) is 7.10. The second kappa shape index (κ2) is 17.1. The molecule has 1 rings (SSSR count). The average Bonchev–Trinajstić information content (AvgIpc) is 3.40. The van der Waals surface area contributed by atoms with Crippen LogP contribution in [0.1, 0.15) is 66.7 Å². The van der Waals surface area contributed by atoms with E-state index >= 15 is 0 Å². The number of hydrogen-bond donors (Lipinski definition) is 8. The second-order valence-electron chi connectivity index (χ2n) is 10.6. The molecule has 0 radical (unpaired) electrons. The number of likely N-dealkylation sites (tertiary alicyclic amines) is 1. The molecule has 6 amide bonds. The van der Waals surface area contributed by atoms with Crippen LogP contribution in [-0.4, -0.2) is 101 Å². The summed E-state index contributed by atoms with van der Waals surface area (Å²) < 4.78 is 0. The van der Waals surface area contributed by atoms with Gasteiger partial charge in [0, 0.05) is 20.0 Å². The molecular formula is C26H47N9O7. The van der Waals surface area contributed by atoms with Crippen LogP contribution in [0, 0.1) is 5.92 Å². The van der Waals surface area contributed by atoms with Gasteiger partial charge >= 0.3 is 0 Å². The lowest BCUT2D eigenvalue weighted by Crippen LogP contribution is -2.61. The van der Waals surface area contributed by atoms with E-state index in [1.54, 1.807) is 6.92 Å². The van der Waals surface area contributed by atoms with E-state index in [1.807, 2.05) is 6.92 Å². The number of aliphatic hydroxyl groups excluding tert-OH is 1. The van der Waals surface area contributed by atoms with Gasteiger partial charge in [-0.1, -0.05) is 20.3 Å². The highest BCUT2D eigenvalue weighted by Crippen LogP contribution is 2.20. The summed E-state index contributed by atoms with van der Waals surface area (Å²) in [5, 5.41) is 20.2. The minimum atomic E-state index is -1.30. The van der Waals surface area contributed by atoms with Gasteiger partial charge in [0.1, 0.15) is 30.2 Å². The number of nitrogens with one attached hydrogen (secondary N) is 4. The number of carbonyl (C=O) groups excluding carboxylic acids is 6. The van der Waals surface area contributed by atoms with Gasteiger partial charge in [-0.2, -0.15) is 0 Å². The monoisotopic (exact) mass is 597 g/mol. The van der Waals surface area contributed by atoms with Crippen LogP contribution in [0.4, 0.5) is 0 Å². The summed E-state index contributed by atoms with van der Waals surface area (Å²) in [6.45, 7) is 7.94. The third-order valence-corrected chi connectivity index (χ3v) is 7.10. The Bertz CT molecular complexity index is 1020. The predicted molar refractivity (Wildman–Crippen MR) is 154 cm³/mol. The first kappa shape index (κ1) is 36.1. The van der Waals surface area contributed by atoms with Crippen LogP contribution in [0.2, 0.25) is 0 Å². The minimum absolute atomic E-state index is 0.118. The molecule has 16 nitrogen and oxygen atoms in total. The Morgan fingerprint density at radius 1 is 0.952 bits per heavy atom. The largest absolute Gasteiger partial charge is 0.391 e. The normalized spacial score (nSPS) is 18.8. The van der Waals surface area contributed by atoms with Crippen molar-refractivity contribution in [3.8, 4) is 0 Å². The fourth-order valence-electron chi connectivity index (χ4n) is 4.48. The Balaban J connectivity index is 3.22. The van der Waals surface area contributed by atoms with E-state index < -0.39 is 71.8 Å². The van der Waals surface area contributed by atoms with Gasteiger partial charge in [0.05, 0.1) is 6.10 Å². The smallest absolute Gasteiger partial charge is 0.245 e. The molecule has 238 valence electrons. The van der Waals surface area contributed by atoms with Gasteiger partial charge in [0.2, 0.25) is 35.4 Å². The maximum absolute atomic E-state index is 13.7. The molecule has 1 aliphatic rings. The first-order valence-electron chi connectivity index (χ1n) is 14.1. The average molecular weight is 598 g/mol. The SMILES string of the molecule is CC[C@H](C)[C@@H](NC(=O)[C@@H](NC(C)=O)[C@@H](C)O)C(=O)N[C@@H](CCCN=C(N)N)C(=O)N1CCC[C@H]1C(=O)N[C@H](C)C(N)=O. The topological polar surface area (TPSA) is 264 Å².